The second-order valence-corrected chi connectivity index (χ2v) is 6.27. The Hall–Kier alpha value is -0.980. The van der Waals surface area contributed by atoms with Crippen molar-refractivity contribution in [1.82, 2.24) is 19.9 Å². The first-order chi connectivity index (χ1) is 9.76. The van der Waals surface area contributed by atoms with Crippen molar-refractivity contribution >= 4 is 27.7 Å². The molecule has 6 heteroatoms. The molecule has 3 rings (SSSR count). The minimum absolute atomic E-state index is 0.868. The molecule has 4 nitrogen and oxygen atoms in total. The first-order valence-corrected chi connectivity index (χ1v) is 8.48. The number of hydrogen-bond donors (Lipinski definition) is 0. The lowest BCUT2D eigenvalue weighted by atomic mass is 10.1. The van der Waals surface area contributed by atoms with Gasteiger partial charge in [0.1, 0.15) is 4.60 Å². The van der Waals surface area contributed by atoms with E-state index in [1.54, 1.807) is 18.0 Å². The number of fused-ring (bicyclic) bond motifs is 1. The maximum Gasteiger partial charge on any atom is 0.187 e. The number of thioether (sulfide) groups is 1. The maximum atomic E-state index is 4.59. The van der Waals surface area contributed by atoms with Crippen LogP contribution in [0, 0.1) is 0 Å². The summed E-state index contributed by atoms with van der Waals surface area (Å²) in [6, 6.07) is 4.09. The molecule has 1 aliphatic rings. The first kappa shape index (κ1) is 14.0. The van der Waals surface area contributed by atoms with Gasteiger partial charge in [-0.1, -0.05) is 17.8 Å². The third-order valence-corrected chi connectivity index (χ3v) is 4.68. The minimum Gasteiger partial charge on any atom is -0.294 e. The Morgan fingerprint density at radius 1 is 1.40 bits per heavy atom. The van der Waals surface area contributed by atoms with E-state index < -0.39 is 0 Å². The van der Waals surface area contributed by atoms with Crippen molar-refractivity contribution in [2.75, 3.05) is 12.8 Å². The van der Waals surface area contributed by atoms with Crippen molar-refractivity contribution in [3.63, 3.8) is 0 Å². The van der Waals surface area contributed by atoms with Gasteiger partial charge in [0.2, 0.25) is 0 Å². The Bertz CT molecular complexity index is 620. The van der Waals surface area contributed by atoms with Crippen molar-refractivity contribution in [2.45, 2.75) is 24.7 Å². The van der Waals surface area contributed by atoms with E-state index in [2.05, 4.69) is 41.8 Å². The van der Waals surface area contributed by atoms with Crippen molar-refractivity contribution in [1.29, 1.82) is 0 Å². The highest BCUT2D eigenvalue weighted by molar-refractivity contribution is 9.10. The van der Waals surface area contributed by atoms with E-state index in [9.17, 15) is 0 Å². The number of pyridine rings is 1. The van der Waals surface area contributed by atoms with E-state index in [1.807, 2.05) is 18.5 Å². The number of nitrogens with zero attached hydrogens (tertiary/aromatic N) is 4. The molecule has 104 valence electrons. The Kier molecular flexibility index (Phi) is 4.33. The summed E-state index contributed by atoms with van der Waals surface area (Å²) in [6.07, 6.45) is 6.77. The Morgan fingerprint density at radius 3 is 3.10 bits per heavy atom. The summed E-state index contributed by atoms with van der Waals surface area (Å²) in [4.78, 5) is 15.7. The topological polar surface area (TPSA) is 41.9 Å². The quantitative estimate of drug-likeness (QED) is 0.483. The van der Waals surface area contributed by atoms with E-state index >= 15 is 0 Å². The second-order valence-electron chi connectivity index (χ2n) is 4.74. The third kappa shape index (κ3) is 3.02. The van der Waals surface area contributed by atoms with Crippen molar-refractivity contribution in [2.24, 2.45) is 0 Å². The van der Waals surface area contributed by atoms with Crippen LogP contribution in [0.4, 0.5) is 0 Å². The molecule has 3 heterocycles. The molecule has 1 aliphatic heterocycles. The van der Waals surface area contributed by atoms with Gasteiger partial charge in [-0.05, 0) is 33.8 Å². The van der Waals surface area contributed by atoms with Gasteiger partial charge in [-0.15, -0.1) is 0 Å². The van der Waals surface area contributed by atoms with Gasteiger partial charge in [0.05, 0.1) is 5.69 Å². The van der Waals surface area contributed by atoms with Gasteiger partial charge in [-0.3, -0.25) is 4.90 Å². The number of rotatable bonds is 3. The molecule has 2 aromatic heterocycles. The van der Waals surface area contributed by atoms with E-state index in [-0.39, 0.29) is 0 Å². The van der Waals surface area contributed by atoms with Gasteiger partial charge >= 0.3 is 0 Å². The van der Waals surface area contributed by atoms with Crippen LogP contribution in [0.5, 0.6) is 0 Å². The van der Waals surface area contributed by atoms with Crippen LogP contribution in [0.2, 0.25) is 0 Å². The largest absolute Gasteiger partial charge is 0.294 e. The van der Waals surface area contributed by atoms with Crippen LogP contribution in [-0.2, 0) is 19.5 Å². The van der Waals surface area contributed by atoms with Crippen LogP contribution in [0.15, 0.2) is 34.3 Å². The standard InChI is InChI=1S/C14H15BrN4S/c1-20-14-17-7-11-9-19(6-4-12(11)18-14)8-10-3-2-5-16-13(10)15/h2-3,5,7H,4,6,8-9H2,1H3. The summed E-state index contributed by atoms with van der Waals surface area (Å²) in [6.45, 7) is 2.84. The molecule has 0 spiro atoms. The number of aromatic nitrogens is 3. The molecular weight excluding hydrogens is 336 g/mol. The second kappa shape index (κ2) is 6.20. The fourth-order valence-corrected chi connectivity index (χ4v) is 3.10. The SMILES string of the molecule is CSc1ncc2c(n1)CCN(Cc1cccnc1Br)C2. The smallest absolute Gasteiger partial charge is 0.187 e. The lowest BCUT2D eigenvalue weighted by molar-refractivity contribution is 0.241. The lowest BCUT2D eigenvalue weighted by Crippen LogP contribution is -2.31. The van der Waals surface area contributed by atoms with Gasteiger partial charge in [0.25, 0.3) is 0 Å². The van der Waals surface area contributed by atoms with Crippen molar-refractivity contribution < 1.29 is 0 Å². The van der Waals surface area contributed by atoms with E-state index in [4.69, 9.17) is 0 Å². The maximum absolute atomic E-state index is 4.59. The normalized spacial score (nSPS) is 15.1. The molecule has 0 saturated heterocycles. The highest BCUT2D eigenvalue weighted by atomic mass is 79.9. The highest BCUT2D eigenvalue weighted by Gasteiger charge is 2.19. The van der Waals surface area contributed by atoms with E-state index in [0.717, 1.165) is 35.8 Å². The average Bonchev–Trinajstić information content (AvgIpc) is 2.49. The Morgan fingerprint density at radius 2 is 2.30 bits per heavy atom. The molecule has 0 amide bonds. The fraction of sp³-hybridized carbons (Fsp3) is 0.357. The molecule has 0 aliphatic carbocycles. The van der Waals surface area contributed by atoms with Gasteiger partial charge in [-0.25, -0.2) is 15.0 Å². The molecule has 0 fully saturated rings. The molecular formula is C14H15BrN4S. The molecule has 0 bridgehead atoms. The Balaban J connectivity index is 1.74. The molecule has 0 N–H and O–H groups in total. The molecule has 20 heavy (non-hydrogen) atoms. The summed E-state index contributed by atoms with van der Waals surface area (Å²) in [5, 5.41) is 0.868. The predicted molar refractivity (Wildman–Crippen MR) is 83.6 cm³/mol. The van der Waals surface area contributed by atoms with E-state index in [1.165, 1.54) is 16.8 Å². The van der Waals surface area contributed by atoms with Crippen LogP contribution in [0.25, 0.3) is 0 Å². The summed E-state index contributed by atoms with van der Waals surface area (Å²) < 4.78 is 0.930. The van der Waals surface area contributed by atoms with Gasteiger partial charge in [0.15, 0.2) is 5.16 Å². The monoisotopic (exact) mass is 350 g/mol. The first-order valence-electron chi connectivity index (χ1n) is 6.47. The van der Waals surface area contributed by atoms with Crippen LogP contribution < -0.4 is 0 Å². The van der Waals surface area contributed by atoms with Gasteiger partial charge < -0.3 is 0 Å². The van der Waals surface area contributed by atoms with Crippen LogP contribution >= 0.6 is 27.7 Å². The van der Waals surface area contributed by atoms with Crippen LogP contribution in [0.1, 0.15) is 16.8 Å². The fourth-order valence-electron chi connectivity index (χ4n) is 2.37. The minimum atomic E-state index is 0.868. The summed E-state index contributed by atoms with van der Waals surface area (Å²) in [5.74, 6) is 0. The summed E-state index contributed by atoms with van der Waals surface area (Å²) >= 11 is 5.11. The Labute approximate surface area is 131 Å². The molecule has 0 atom stereocenters. The third-order valence-electron chi connectivity index (χ3n) is 3.40. The zero-order valence-corrected chi connectivity index (χ0v) is 13.6. The van der Waals surface area contributed by atoms with Crippen molar-refractivity contribution in [3.05, 3.63) is 46.0 Å². The number of halogens is 1. The van der Waals surface area contributed by atoms with Crippen LogP contribution in [0.3, 0.4) is 0 Å². The van der Waals surface area contributed by atoms with Crippen LogP contribution in [-0.4, -0.2) is 32.7 Å². The predicted octanol–water partition coefficient (Wildman–Crippen LogP) is 2.91. The van der Waals surface area contributed by atoms with Crippen molar-refractivity contribution in [3.8, 4) is 0 Å². The summed E-state index contributed by atoms with van der Waals surface area (Å²) in [7, 11) is 0. The molecule has 0 saturated carbocycles. The summed E-state index contributed by atoms with van der Waals surface area (Å²) in [5.41, 5.74) is 3.66. The molecule has 0 aromatic carbocycles. The molecule has 0 unspecified atom stereocenters. The molecule has 0 radical (unpaired) electrons. The lowest BCUT2D eigenvalue weighted by Gasteiger charge is -2.28. The van der Waals surface area contributed by atoms with Gasteiger partial charge in [0, 0.05) is 44.0 Å². The zero-order chi connectivity index (χ0) is 13.9. The highest BCUT2D eigenvalue weighted by Crippen LogP contribution is 2.22. The molecule has 2 aromatic rings. The zero-order valence-electron chi connectivity index (χ0n) is 11.2. The average molecular weight is 351 g/mol. The van der Waals surface area contributed by atoms with Gasteiger partial charge in [-0.2, -0.15) is 0 Å². The van der Waals surface area contributed by atoms with E-state index in [0.29, 0.717) is 0 Å². The number of hydrogen-bond acceptors (Lipinski definition) is 5.